The Kier molecular flexibility index (Phi) is 5.58. The zero-order chi connectivity index (χ0) is 14.8. The van der Waals surface area contributed by atoms with Gasteiger partial charge in [0.15, 0.2) is 5.75 Å². The number of ether oxygens (including phenoxy) is 1. The lowest BCUT2D eigenvalue weighted by Gasteiger charge is -2.19. The summed E-state index contributed by atoms with van der Waals surface area (Å²) in [6.45, 7) is 0.232. The van der Waals surface area contributed by atoms with E-state index >= 15 is 0 Å². The van der Waals surface area contributed by atoms with Gasteiger partial charge < -0.3 is 10.1 Å². The van der Waals surface area contributed by atoms with E-state index in [1.807, 2.05) is 0 Å². The number of carbonyl (C=O) groups is 1. The van der Waals surface area contributed by atoms with E-state index in [1.165, 1.54) is 12.1 Å². The van der Waals surface area contributed by atoms with E-state index in [4.69, 9.17) is 11.6 Å². The van der Waals surface area contributed by atoms with Gasteiger partial charge in [-0.05, 0) is 41.9 Å². The summed E-state index contributed by atoms with van der Waals surface area (Å²) in [5.74, 6) is -0.592. The molecule has 0 fully saturated rings. The summed E-state index contributed by atoms with van der Waals surface area (Å²) in [7, 11) is 0. The minimum absolute atomic E-state index is 0.0669. The van der Waals surface area contributed by atoms with Gasteiger partial charge in [-0.1, -0.05) is 27.5 Å². The summed E-state index contributed by atoms with van der Waals surface area (Å²) in [6.07, 6.45) is 0. The van der Waals surface area contributed by atoms with Crippen LogP contribution in [0.3, 0.4) is 0 Å². The standard InChI is InChI=1S/C11H10Br2ClF2NO2/c1-11(2,13)9(18)17-7-4-5(14)3-6(12)8(7)19-10(15)16/h3-4,10H,1-2H3,(H,17,18). The monoisotopic (exact) mass is 419 g/mol. The van der Waals surface area contributed by atoms with Crippen LogP contribution in [-0.4, -0.2) is 16.8 Å². The van der Waals surface area contributed by atoms with Gasteiger partial charge in [-0.2, -0.15) is 8.78 Å². The smallest absolute Gasteiger partial charge is 0.387 e. The van der Waals surface area contributed by atoms with Crippen LogP contribution in [0.5, 0.6) is 5.75 Å². The van der Waals surface area contributed by atoms with Crippen LogP contribution in [0, 0.1) is 0 Å². The predicted octanol–water partition coefficient (Wildman–Crippen LogP) is 4.82. The molecule has 0 aliphatic carbocycles. The average Bonchev–Trinajstić information content (AvgIpc) is 2.21. The zero-order valence-corrected chi connectivity index (χ0v) is 13.9. The Morgan fingerprint density at radius 1 is 1.47 bits per heavy atom. The summed E-state index contributed by atoms with van der Waals surface area (Å²) in [4.78, 5) is 11.8. The van der Waals surface area contributed by atoms with Crippen molar-refractivity contribution >= 4 is 55.1 Å². The maximum atomic E-state index is 12.4. The Labute approximate surface area is 130 Å². The number of amides is 1. The number of hydrogen-bond donors (Lipinski definition) is 1. The Morgan fingerprint density at radius 3 is 2.53 bits per heavy atom. The van der Waals surface area contributed by atoms with Crippen molar-refractivity contribution in [2.24, 2.45) is 0 Å². The van der Waals surface area contributed by atoms with Gasteiger partial charge >= 0.3 is 6.61 Å². The van der Waals surface area contributed by atoms with E-state index in [0.717, 1.165) is 0 Å². The van der Waals surface area contributed by atoms with Crippen LogP contribution in [0.15, 0.2) is 16.6 Å². The van der Waals surface area contributed by atoms with Crippen LogP contribution in [0.4, 0.5) is 14.5 Å². The van der Waals surface area contributed by atoms with Crippen LogP contribution < -0.4 is 10.1 Å². The number of alkyl halides is 3. The summed E-state index contributed by atoms with van der Waals surface area (Å²) < 4.78 is 28.5. The van der Waals surface area contributed by atoms with E-state index in [0.29, 0.717) is 0 Å². The lowest BCUT2D eigenvalue weighted by molar-refractivity contribution is -0.117. The molecule has 0 aliphatic heterocycles. The molecule has 19 heavy (non-hydrogen) atoms. The van der Waals surface area contributed by atoms with E-state index in [1.54, 1.807) is 13.8 Å². The number of rotatable bonds is 4. The van der Waals surface area contributed by atoms with Crippen LogP contribution in [0.1, 0.15) is 13.8 Å². The Balaban J connectivity index is 3.14. The molecule has 1 N–H and O–H groups in total. The number of benzene rings is 1. The maximum Gasteiger partial charge on any atom is 0.387 e. The molecule has 1 aromatic rings. The van der Waals surface area contributed by atoms with E-state index < -0.39 is 16.8 Å². The molecule has 0 unspecified atom stereocenters. The third kappa shape index (κ3) is 4.89. The highest BCUT2D eigenvalue weighted by Gasteiger charge is 2.26. The molecule has 0 aliphatic rings. The SMILES string of the molecule is CC(C)(Br)C(=O)Nc1cc(Cl)cc(Br)c1OC(F)F. The molecule has 0 saturated carbocycles. The van der Waals surface area contributed by atoms with Gasteiger partial charge in [0.2, 0.25) is 5.91 Å². The van der Waals surface area contributed by atoms with Crippen LogP contribution >= 0.6 is 43.5 Å². The quantitative estimate of drug-likeness (QED) is 0.709. The molecule has 1 amide bonds. The first-order valence-corrected chi connectivity index (χ1v) is 7.02. The molecule has 0 bridgehead atoms. The largest absolute Gasteiger partial charge is 0.431 e. The molecule has 0 spiro atoms. The fourth-order valence-electron chi connectivity index (χ4n) is 1.13. The van der Waals surface area contributed by atoms with Gasteiger partial charge in [0.05, 0.1) is 14.5 Å². The summed E-state index contributed by atoms with van der Waals surface area (Å²) in [5, 5.41) is 2.75. The highest BCUT2D eigenvalue weighted by molar-refractivity contribution is 9.10. The fourth-order valence-corrected chi connectivity index (χ4v) is 2.14. The van der Waals surface area contributed by atoms with Gasteiger partial charge in [-0.3, -0.25) is 4.79 Å². The lowest BCUT2D eigenvalue weighted by Crippen LogP contribution is -2.31. The second-order valence-electron chi connectivity index (χ2n) is 4.07. The van der Waals surface area contributed by atoms with Crippen molar-refractivity contribution in [1.82, 2.24) is 0 Å². The first kappa shape index (κ1) is 16.7. The minimum Gasteiger partial charge on any atom is -0.431 e. The second-order valence-corrected chi connectivity index (χ2v) is 7.34. The van der Waals surface area contributed by atoms with Gasteiger partial charge in [-0.15, -0.1) is 0 Å². The number of carbonyl (C=O) groups excluding carboxylic acids is 1. The third-order valence-corrected chi connectivity index (χ3v) is 3.17. The van der Waals surface area contributed by atoms with Crippen molar-refractivity contribution < 1.29 is 18.3 Å². The van der Waals surface area contributed by atoms with Crippen LogP contribution in [0.2, 0.25) is 5.02 Å². The summed E-state index contributed by atoms with van der Waals surface area (Å²) in [6, 6.07) is 2.73. The van der Waals surface area contributed by atoms with Crippen molar-refractivity contribution in [3.63, 3.8) is 0 Å². The first-order valence-electron chi connectivity index (χ1n) is 5.05. The molecule has 106 valence electrons. The number of halogens is 5. The van der Waals surface area contributed by atoms with Crippen molar-refractivity contribution in [2.75, 3.05) is 5.32 Å². The fraction of sp³-hybridized carbons (Fsp3) is 0.364. The molecule has 0 heterocycles. The second kappa shape index (κ2) is 6.37. The van der Waals surface area contributed by atoms with Crippen molar-refractivity contribution in [2.45, 2.75) is 24.8 Å². The van der Waals surface area contributed by atoms with Crippen LogP contribution in [-0.2, 0) is 4.79 Å². The highest BCUT2D eigenvalue weighted by atomic mass is 79.9. The number of anilines is 1. The summed E-state index contributed by atoms with van der Waals surface area (Å²) in [5.41, 5.74) is 0.0669. The molecule has 0 aromatic heterocycles. The van der Waals surface area contributed by atoms with E-state index in [2.05, 4.69) is 41.9 Å². The number of hydrogen-bond acceptors (Lipinski definition) is 2. The van der Waals surface area contributed by atoms with Gasteiger partial charge in [0.1, 0.15) is 0 Å². The first-order chi connectivity index (χ1) is 8.61. The topological polar surface area (TPSA) is 38.3 Å². The molecule has 8 heteroatoms. The molecule has 1 aromatic carbocycles. The molecular formula is C11H10Br2ClF2NO2. The van der Waals surface area contributed by atoms with Crippen LogP contribution in [0.25, 0.3) is 0 Å². The molecule has 0 radical (unpaired) electrons. The zero-order valence-electron chi connectivity index (χ0n) is 9.94. The number of nitrogens with one attached hydrogen (secondary N) is 1. The molecule has 0 atom stereocenters. The van der Waals surface area contributed by atoms with Crippen molar-refractivity contribution in [3.8, 4) is 5.75 Å². The average molecular weight is 421 g/mol. The van der Waals surface area contributed by atoms with Gasteiger partial charge in [0, 0.05) is 5.02 Å². The van der Waals surface area contributed by atoms with E-state index in [9.17, 15) is 13.6 Å². The molecule has 1 rings (SSSR count). The summed E-state index contributed by atoms with van der Waals surface area (Å²) >= 11 is 12.0. The molecule has 3 nitrogen and oxygen atoms in total. The predicted molar refractivity (Wildman–Crippen MR) is 77.4 cm³/mol. The van der Waals surface area contributed by atoms with E-state index in [-0.39, 0.29) is 20.9 Å². The highest BCUT2D eigenvalue weighted by Crippen LogP contribution is 2.38. The van der Waals surface area contributed by atoms with Gasteiger partial charge in [-0.25, -0.2) is 0 Å². The van der Waals surface area contributed by atoms with Crippen molar-refractivity contribution in [1.29, 1.82) is 0 Å². The molecular weight excluding hydrogens is 411 g/mol. The Hall–Kier alpha value is -0.400. The normalized spacial score (nSPS) is 11.6. The third-order valence-electron chi connectivity index (χ3n) is 2.00. The Bertz CT molecular complexity index is 492. The Morgan fingerprint density at radius 2 is 2.05 bits per heavy atom. The lowest BCUT2D eigenvalue weighted by atomic mass is 10.2. The van der Waals surface area contributed by atoms with Gasteiger partial charge in [0.25, 0.3) is 0 Å². The molecule has 0 saturated heterocycles. The minimum atomic E-state index is -3.01. The maximum absolute atomic E-state index is 12.4. The van der Waals surface area contributed by atoms with Crippen molar-refractivity contribution in [3.05, 3.63) is 21.6 Å².